The summed E-state index contributed by atoms with van der Waals surface area (Å²) in [4.78, 5) is 24.8. The standard InChI is InChI=1S/C22H25N5O3/c1-15-12-19(27(29)30)10-11-21(15)23-22(28)14-25(4)13-20-16(2)24-26(17(20)3)18-8-6-5-7-9-18/h5-12H,13-14H2,1-4H3,(H,23,28). The van der Waals surface area contributed by atoms with Gasteiger partial charge in [-0.05, 0) is 51.6 Å². The summed E-state index contributed by atoms with van der Waals surface area (Å²) in [6, 6.07) is 14.3. The van der Waals surface area contributed by atoms with Crippen LogP contribution in [0.4, 0.5) is 11.4 Å². The molecule has 3 aromatic rings. The summed E-state index contributed by atoms with van der Waals surface area (Å²) in [5.74, 6) is -0.180. The second-order valence-corrected chi connectivity index (χ2v) is 7.37. The average Bonchev–Trinajstić information content (AvgIpc) is 2.98. The highest BCUT2D eigenvalue weighted by atomic mass is 16.6. The Bertz CT molecular complexity index is 1080. The molecule has 30 heavy (non-hydrogen) atoms. The van der Waals surface area contributed by atoms with E-state index in [1.165, 1.54) is 12.1 Å². The maximum Gasteiger partial charge on any atom is 0.269 e. The van der Waals surface area contributed by atoms with E-state index in [-0.39, 0.29) is 18.1 Å². The van der Waals surface area contributed by atoms with Gasteiger partial charge in [0.2, 0.25) is 5.91 Å². The van der Waals surface area contributed by atoms with Gasteiger partial charge in [-0.1, -0.05) is 18.2 Å². The number of amides is 1. The summed E-state index contributed by atoms with van der Waals surface area (Å²) in [5.41, 5.74) is 5.27. The number of para-hydroxylation sites is 1. The van der Waals surface area contributed by atoms with Crippen LogP contribution < -0.4 is 5.32 Å². The Balaban J connectivity index is 1.66. The number of nitrogens with zero attached hydrogens (tertiary/aromatic N) is 4. The van der Waals surface area contributed by atoms with Crippen LogP contribution in [0.25, 0.3) is 5.69 Å². The second kappa shape index (κ2) is 8.87. The summed E-state index contributed by atoms with van der Waals surface area (Å²) >= 11 is 0. The zero-order chi connectivity index (χ0) is 21.8. The lowest BCUT2D eigenvalue weighted by molar-refractivity contribution is -0.384. The van der Waals surface area contributed by atoms with Gasteiger partial charge in [0, 0.05) is 35.6 Å². The minimum Gasteiger partial charge on any atom is -0.325 e. The highest BCUT2D eigenvalue weighted by Crippen LogP contribution is 2.22. The Kier molecular flexibility index (Phi) is 6.27. The van der Waals surface area contributed by atoms with E-state index in [9.17, 15) is 14.9 Å². The molecule has 0 bridgehead atoms. The number of likely N-dealkylation sites (N-methyl/N-ethyl adjacent to an activating group) is 1. The normalized spacial score (nSPS) is 11.0. The summed E-state index contributed by atoms with van der Waals surface area (Å²) in [7, 11) is 1.88. The van der Waals surface area contributed by atoms with Gasteiger partial charge in [-0.2, -0.15) is 5.10 Å². The quantitative estimate of drug-likeness (QED) is 0.475. The number of benzene rings is 2. The van der Waals surface area contributed by atoms with E-state index < -0.39 is 4.92 Å². The maximum absolute atomic E-state index is 12.5. The first kappa shape index (κ1) is 21.2. The van der Waals surface area contributed by atoms with Crippen LogP contribution in [0.15, 0.2) is 48.5 Å². The molecule has 8 nitrogen and oxygen atoms in total. The smallest absolute Gasteiger partial charge is 0.269 e. The first-order valence-electron chi connectivity index (χ1n) is 9.60. The molecule has 1 N–H and O–H groups in total. The average molecular weight is 407 g/mol. The highest BCUT2D eigenvalue weighted by molar-refractivity contribution is 5.93. The predicted octanol–water partition coefficient (Wildman–Crippen LogP) is 3.78. The van der Waals surface area contributed by atoms with Crippen LogP contribution in [0.2, 0.25) is 0 Å². The van der Waals surface area contributed by atoms with Gasteiger partial charge in [0.15, 0.2) is 0 Å². The number of nitro groups is 1. The fourth-order valence-corrected chi connectivity index (χ4v) is 3.39. The summed E-state index contributed by atoms with van der Waals surface area (Å²) in [6.45, 7) is 6.49. The fraction of sp³-hybridized carbons (Fsp3) is 0.273. The van der Waals surface area contributed by atoms with E-state index in [0.29, 0.717) is 17.8 Å². The number of hydrogen-bond donors (Lipinski definition) is 1. The molecule has 2 aromatic carbocycles. The van der Waals surface area contributed by atoms with Crippen LogP contribution in [0.1, 0.15) is 22.5 Å². The molecule has 8 heteroatoms. The number of aromatic nitrogens is 2. The Morgan fingerprint density at radius 3 is 2.50 bits per heavy atom. The van der Waals surface area contributed by atoms with Gasteiger partial charge in [0.25, 0.3) is 5.69 Å². The van der Waals surface area contributed by atoms with Gasteiger partial charge in [-0.25, -0.2) is 4.68 Å². The third-order valence-corrected chi connectivity index (χ3v) is 4.98. The largest absolute Gasteiger partial charge is 0.325 e. The van der Waals surface area contributed by atoms with Crippen LogP contribution in [-0.4, -0.2) is 39.1 Å². The molecule has 0 fully saturated rings. The van der Waals surface area contributed by atoms with Crippen molar-refractivity contribution in [3.05, 3.63) is 81.2 Å². The van der Waals surface area contributed by atoms with E-state index in [1.54, 1.807) is 13.0 Å². The van der Waals surface area contributed by atoms with Gasteiger partial charge in [0.1, 0.15) is 0 Å². The van der Waals surface area contributed by atoms with E-state index >= 15 is 0 Å². The lowest BCUT2D eigenvalue weighted by Crippen LogP contribution is -2.30. The Hall–Kier alpha value is -3.52. The first-order chi connectivity index (χ1) is 14.3. The summed E-state index contributed by atoms with van der Waals surface area (Å²) in [5, 5.41) is 18.3. The zero-order valence-electron chi connectivity index (χ0n) is 17.5. The fourth-order valence-electron chi connectivity index (χ4n) is 3.39. The third kappa shape index (κ3) is 4.72. The van der Waals surface area contributed by atoms with Crippen molar-refractivity contribution >= 4 is 17.3 Å². The van der Waals surface area contributed by atoms with Crippen molar-refractivity contribution in [3.63, 3.8) is 0 Å². The monoisotopic (exact) mass is 407 g/mol. The van der Waals surface area contributed by atoms with Crippen LogP contribution in [0.3, 0.4) is 0 Å². The van der Waals surface area contributed by atoms with Crippen molar-refractivity contribution in [1.29, 1.82) is 0 Å². The van der Waals surface area contributed by atoms with Crippen LogP contribution >= 0.6 is 0 Å². The number of rotatable bonds is 7. The number of aryl methyl sites for hydroxylation is 2. The number of hydrogen-bond acceptors (Lipinski definition) is 5. The molecule has 1 aromatic heterocycles. The molecule has 0 saturated carbocycles. The molecule has 0 unspecified atom stereocenters. The van der Waals surface area contributed by atoms with Crippen molar-refractivity contribution in [2.45, 2.75) is 27.3 Å². The summed E-state index contributed by atoms with van der Waals surface area (Å²) < 4.78 is 1.92. The van der Waals surface area contributed by atoms with E-state index in [2.05, 4.69) is 10.4 Å². The molecule has 0 aliphatic heterocycles. The number of carbonyl (C=O) groups excluding carboxylic acids is 1. The SMILES string of the molecule is Cc1cc([N+](=O)[O-])ccc1NC(=O)CN(C)Cc1c(C)nn(-c2ccccc2)c1C. The van der Waals surface area contributed by atoms with Crippen molar-refractivity contribution in [3.8, 4) is 5.69 Å². The van der Waals surface area contributed by atoms with Crippen LogP contribution in [-0.2, 0) is 11.3 Å². The number of nitrogens with one attached hydrogen (secondary N) is 1. The molecule has 0 saturated heterocycles. The molecule has 0 radical (unpaired) electrons. The Labute approximate surface area is 175 Å². The lowest BCUT2D eigenvalue weighted by atomic mass is 10.1. The van der Waals surface area contributed by atoms with Gasteiger partial charge in [-0.3, -0.25) is 19.8 Å². The Morgan fingerprint density at radius 1 is 1.17 bits per heavy atom. The molecule has 0 aliphatic carbocycles. The van der Waals surface area contributed by atoms with Crippen molar-refractivity contribution in [2.24, 2.45) is 0 Å². The van der Waals surface area contributed by atoms with E-state index in [0.717, 1.165) is 22.6 Å². The zero-order valence-corrected chi connectivity index (χ0v) is 17.5. The van der Waals surface area contributed by atoms with Crippen molar-refractivity contribution < 1.29 is 9.72 Å². The predicted molar refractivity (Wildman–Crippen MR) is 116 cm³/mol. The molecule has 0 aliphatic rings. The maximum atomic E-state index is 12.5. The molecule has 3 rings (SSSR count). The van der Waals surface area contributed by atoms with Crippen molar-refractivity contribution in [2.75, 3.05) is 18.9 Å². The topological polar surface area (TPSA) is 93.3 Å². The minimum absolute atomic E-state index is 0.00370. The number of nitro benzene ring substituents is 1. The number of anilines is 1. The van der Waals surface area contributed by atoms with E-state index in [1.807, 2.05) is 60.8 Å². The minimum atomic E-state index is -0.452. The molecule has 156 valence electrons. The summed E-state index contributed by atoms with van der Waals surface area (Å²) in [6.07, 6.45) is 0. The molecule has 1 heterocycles. The second-order valence-electron chi connectivity index (χ2n) is 7.37. The third-order valence-electron chi connectivity index (χ3n) is 4.98. The van der Waals surface area contributed by atoms with Gasteiger partial charge in [0.05, 0.1) is 22.8 Å². The number of carbonyl (C=O) groups is 1. The van der Waals surface area contributed by atoms with Crippen LogP contribution in [0, 0.1) is 30.9 Å². The van der Waals surface area contributed by atoms with Gasteiger partial charge >= 0.3 is 0 Å². The van der Waals surface area contributed by atoms with Crippen molar-refractivity contribution in [1.82, 2.24) is 14.7 Å². The highest BCUT2D eigenvalue weighted by Gasteiger charge is 2.17. The molecule has 0 atom stereocenters. The first-order valence-corrected chi connectivity index (χ1v) is 9.60. The van der Waals surface area contributed by atoms with E-state index in [4.69, 9.17) is 0 Å². The van der Waals surface area contributed by atoms with Crippen LogP contribution in [0.5, 0.6) is 0 Å². The van der Waals surface area contributed by atoms with Gasteiger partial charge < -0.3 is 5.32 Å². The lowest BCUT2D eigenvalue weighted by Gasteiger charge is -2.17. The molecule has 0 spiro atoms. The van der Waals surface area contributed by atoms with Gasteiger partial charge in [-0.15, -0.1) is 0 Å². The number of non-ortho nitro benzene ring substituents is 1. The molecular weight excluding hydrogens is 382 g/mol. The molecular formula is C22H25N5O3. The molecule has 1 amide bonds. The Morgan fingerprint density at radius 2 is 1.87 bits per heavy atom.